The van der Waals surface area contributed by atoms with Gasteiger partial charge in [0, 0.05) is 13.2 Å². The predicted octanol–water partition coefficient (Wildman–Crippen LogP) is 1.38. The van der Waals surface area contributed by atoms with Crippen LogP contribution in [0.15, 0.2) is 18.3 Å². The Morgan fingerprint density at radius 3 is 2.81 bits per heavy atom. The third kappa shape index (κ3) is 2.97. The van der Waals surface area contributed by atoms with Crippen molar-refractivity contribution in [1.29, 1.82) is 0 Å². The summed E-state index contributed by atoms with van der Waals surface area (Å²) in [6, 6.07) is 2.30. The smallest absolute Gasteiger partial charge is 0.275 e. The SMILES string of the molecule is CC[C@H](NC(=O)c1nc2ccc(Cl)cn2c1F)C(=O)NC. The summed E-state index contributed by atoms with van der Waals surface area (Å²) in [6.45, 7) is 1.74. The van der Waals surface area contributed by atoms with Gasteiger partial charge in [-0.2, -0.15) is 4.39 Å². The first kappa shape index (κ1) is 15.2. The molecule has 112 valence electrons. The fourth-order valence-electron chi connectivity index (χ4n) is 1.89. The minimum Gasteiger partial charge on any atom is -0.357 e. The molecule has 0 aliphatic carbocycles. The van der Waals surface area contributed by atoms with E-state index in [0.29, 0.717) is 11.4 Å². The summed E-state index contributed by atoms with van der Waals surface area (Å²) in [5.74, 6) is -1.92. The van der Waals surface area contributed by atoms with Gasteiger partial charge in [0.2, 0.25) is 11.9 Å². The lowest BCUT2D eigenvalue weighted by Gasteiger charge is -2.14. The normalized spacial score (nSPS) is 12.2. The van der Waals surface area contributed by atoms with Crippen molar-refractivity contribution in [2.75, 3.05) is 7.05 Å². The van der Waals surface area contributed by atoms with Crippen LogP contribution in [0.25, 0.3) is 5.65 Å². The largest absolute Gasteiger partial charge is 0.357 e. The zero-order valence-electron chi connectivity index (χ0n) is 11.5. The number of carbonyl (C=O) groups excluding carboxylic acids is 2. The van der Waals surface area contributed by atoms with E-state index in [0.717, 1.165) is 4.40 Å². The van der Waals surface area contributed by atoms with Crippen molar-refractivity contribution in [2.24, 2.45) is 0 Å². The number of likely N-dealkylation sites (N-methyl/N-ethyl adjacent to an activating group) is 1. The van der Waals surface area contributed by atoms with Gasteiger partial charge < -0.3 is 10.6 Å². The molecule has 6 nitrogen and oxygen atoms in total. The number of amides is 2. The highest BCUT2D eigenvalue weighted by Crippen LogP contribution is 2.15. The predicted molar refractivity (Wildman–Crippen MR) is 75.8 cm³/mol. The molecule has 0 fully saturated rings. The number of halogens is 2. The third-order valence-corrected chi connectivity index (χ3v) is 3.24. The Morgan fingerprint density at radius 1 is 1.48 bits per heavy atom. The maximum atomic E-state index is 14.2. The Bertz CT molecular complexity index is 701. The number of rotatable bonds is 4. The van der Waals surface area contributed by atoms with Gasteiger partial charge in [0.25, 0.3) is 5.91 Å². The number of nitrogens with one attached hydrogen (secondary N) is 2. The molecular formula is C13H14ClFN4O2. The number of carbonyl (C=O) groups is 2. The first-order valence-corrected chi connectivity index (χ1v) is 6.71. The summed E-state index contributed by atoms with van der Waals surface area (Å²) in [4.78, 5) is 27.5. The molecule has 0 aliphatic rings. The second-order valence-corrected chi connectivity index (χ2v) is 4.81. The zero-order valence-corrected chi connectivity index (χ0v) is 12.2. The molecule has 8 heteroatoms. The lowest BCUT2D eigenvalue weighted by molar-refractivity contribution is -0.122. The van der Waals surface area contributed by atoms with Gasteiger partial charge in [-0.05, 0) is 18.6 Å². The third-order valence-electron chi connectivity index (χ3n) is 3.02. The minimum atomic E-state index is -0.822. The number of nitrogens with zero attached hydrogens (tertiary/aromatic N) is 2. The molecule has 0 unspecified atom stereocenters. The average molecular weight is 313 g/mol. The minimum absolute atomic E-state index is 0.259. The molecule has 0 saturated heterocycles. The monoisotopic (exact) mass is 312 g/mol. The number of hydrogen-bond donors (Lipinski definition) is 2. The second-order valence-electron chi connectivity index (χ2n) is 4.38. The summed E-state index contributed by atoms with van der Waals surface area (Å²) in [6.07, 6.45) is 1.71. The fourth-order valence-corrected chi connectivity index (χ4v) is 2.05. The lowest BCUT2D eigenvalue weighted by Crippen LogP contribution is -2.45. The number of imidazole rings is 1. The first-order valence-electron chi connectivity index (χ1n) is 6.33. The number of aromatic nitrogens is 2. The van der Waals surface area contributed by atoms with Gasteiger partial charge in [0.05, 0.1) is 5.02 Å². The van der Waals surface area contributed by atoms with Crippen LogP contribution in [0.3, 0.4) is 0 Å². The standard InChI is InChI=1S/C13H14ClFN4O2/c1-3-8(12(20)16-2)17-13(21)10-11(15)19-6-7(14)4-5-9(19)18-10/h4-6,8H,3H2,1-2H3,(H,16,20)(H,17,21)/t8-/m0/s1. The molecule has 0 saturated carbocycles. The second kappa shape index (κ2) is 6.09. The highest BCUT2D eigenvalue weighted by atomic mass is 35.5. The molecule has 0 bridgehead atoms. The van der Waals surface area contributed by atoms with Crippen LogP contribution in [0.2, 0.25) is 5.02 Å². The van der Waals surface area contributed by atoms with Gasteiger partial charge in [-0.25, -0.2) is 4.98 Å². The highest BCUT2D eigenvalue weighted by Gasteiger charge is 2.24. The molecule has 2 rings (SSSR count). The molecule has 2 aromatic heterocycles. The van der Waals surface area contributed by atoms with E-state index in [4.69, 9.17) is 11.6 Å². The first-order chi connectivity index (χ1) is 9.97. The molecule has 2 N–H and O–H groups in total. The van der Waals surface area contributed by atoms with Crippen molar-refractivity contribution in [3.05, 3.63) is 35.0 Å². The van der Waals surface area contributed by atoms with Gasteiger partial charge in [-0.15, -0.1) is 0 Å². The van der Waals surface area contributed by atoms with Crippen LogP contribution < -0.4 is 10.6 Å². The maximum Gasteiger partial charge on any atom is 0.275 e. The highest BCUT2D eigenvalue weighted by molar-refractivity contribution is 6.30. The topological polar surface area (TPSA) is 75.5 Å². The number of hydrogen-bond acceptors (Lipinski definition) is 3. The van der Waals surface area contributed by atoms with E-state index in [1.165, 1.54) is 19.3 Å². The molecule has 0 aromatic carbocycles. The summed E-state index contributed by atoms with van der Waals surface area (Å²) in [7, 11) is 1.46. The van der Waals surface area contributed by atoms with Gasteiger partial charge in [-0.3, -0.25) is 14.0 Å². The van der Waals surface area contributed by atoms with Crippen molar-refractivity contribution in [3.8, 4) is 0 Å². The van der Waals surface area contributed by atoms with Crippen LogP contribution in [0.5, 0.6) is 0 Å². The van der Waals surface area contributed by atoms with Crippen LogP contribution >= 0.6 is 11.6 Å². The van der Waals surface area contributed by atoms with Crippen molar-refractivity contribution in [3.63, 3.8) is 0 Å². The summed E-state index contributed by atoms with van der Waals surface area (Å²) in [5.41, 5.74) is -0.116. The Kier molecular flexibility index (Phi) is 4.42. The van der Waals surface area contributed by atoms with E-state index in [9.17, 15) is 14.0 Å². The van der Waals surface area contributed by atoms with E-state index in [2.05, 4.69) is 15.6 Å². The summed E-state index contributed by atoms with van der Waals surface area (Å²) in [5, 5.41) is 5.20. The van der Waals surface area contributed by atoms with Crippen LogP contribution in [0, 0.1) is 5.95 Å². The molecule has 1 atom stereocenters. The van der Waals surface area contributed by atoms with Crippen molar-refractivity contribution >= 4 is 29.1 Å². The fraction of sp³-hybridized carbons (Fsp3) is 0.308. The van der Waals surface area contributed by atoms with Crippen molar-refractivity contribution in [2.45, 2.75) is 19.4 Å². The molecule has 2 amide bonds. The lowest BCUT2D eigenvalue weighted by atomic mass is 10.2. The molecule has 0 spiro atoms. The van der Waals surface area contributed by atoms with E-state index in [1.807, 2.05) is 0 Å². The molecule has 0 radical (unpaired) electrons. The van der Waals surface area contributed by atoms with Gasteiger partial charge in [-0.1, -0.05) is 18.5 Å². The number of fused-ring (bicyclic) bond motifs is 1. The van der Waals surface area contributed by atoms with Gasteiger partial charge in [0.15, 0.2) is 5.69 Å². The summed E-state index contributed by atoms with van der Waals surface area (Å²) < 4.78 is 15.3. The van der Waals surface area contributed by atoms with Gasteiger partial charge in [0.1, 0.15) is 11.7 Å². The van der Waals surface area contributed by atoms with E-state index in [1.54, 1.807) is 13.0 Å². The molecular weight excluding hydrogens is 299 g/mol. The van der Waals surface area contributed by atoms with Crippen molar-refractivity contribution < 1.29 is 14.0 Å². The van der Waals surface area contributed by atoms with Crippen LogP contribution in [-0.4, -0.2) is 34.3 Å². The van der Waals surface area contributed by atoms with Crippen LogP contribution in [0.1, 0.15) is 23.8 Å². The number of pyridine rings is 1. The average Bonchev–Trinajstić information content (AvgIpc) is 2.80. The quantitative estimate of drug-likeness (QED) is 0.895. The molecule has 0 aliphatic heterocycles. The Balaban J connectivity index is 2.31. The Morgan fingerprint density at radius 2 is 2.19 bits per heavy atom. The molecule has 21 heavy (non-hydrogen) atoms. The maximum absolute atomic E-state index is 14.2. The Labute approximate surface area is 125 Å². The van der Waals surface area contributed by atoms with Crippen LogP contribution in [-0.2, 0) is 4.79 Å². The van der Waals surface area contributed by atoms with E-state index >= 15 is 0 Å². The van der Waals surface area contributed by atoms with Crippen molar-refractivity contribution in [1.82, 2.24) is 20.0 Å². The van der Waals surface area contributed by atoms with Gasteiger partial charge >= 0.3 is 0 Å². The van der Waals surface area contributed by atoms with E-state index in [-0.39, 0.29) is 17.2 Å². The summed E-state index contributed by atoms with van der Waals surface area (Å²) >= 11 is 5.78. The Hall–Kier alpha value is -2.15. The van der Waals surface area contributed by atoms with E-state index < -0.39 is 17.9 Å². The zero-order chi connectivity index (χ0) is 15.6. The molecule has 2 heterocycles. The van der Waals surface area contributed by atoms with Crippen LogP contribution in [0.4, 0.5) is 4.39 Å². The molecule has 2 aromatic rings.